The van der Waals surface area contributed by atoms with Crippen LogP contribution in [-0.2, 0) is 11.0 Å². The van der Waals surface area contributed by atoms with Gasteiger partial charge < -0.3 is 15.5 Å². The monoisotopic (exact) mass is 527 g/mol. The number of thiocarbonyl (C=S) groups is 1. The Hall–Kier alpha value is -3.39. The summed E-state index contributed by atoms with van der Waals surface area (Å²) in [6.07, 6.45) is -4.48. The molecule has 0 radical (unpaired) electrons. The molecule has 0 fully saturated rings. The number of nitrogens with zero attached hydrogens (tertiary/aromatic N) is 1. The molecular weight excluding hydrogens is 495 g/mol. The maximum atomic E-state index is 13.9. The van der Waals surface area contributed by atoms with E-state index in [1.807, 2.05) is 81.4 Å². The quantitative estimate of drug-likeness (QED) is 0.340. The standard InChI is InChI=1S/C29H32F3N3OS/c1-19-16-22(29(30,31)32)18-23(17-19)33-27(37)34-25(28(2,3)4)26(36)35(5)24(20-12-8-6-9-13-20)21-14-10-7-11-15-21/h6-18,24-25H,1-5H3,(H2,33,34,37)/t25-/m1/s1. The molecule has 3 rings (SSSR count). The molecule has 0 aliphatic carbocycles. The molecule has 1 amide bonds. The third kappa shape index (κ3) is 7.32. The van der Waals surface area contributed by atoms with E-state index < -0.39 is 23.2 Å². The first-order valence-corrected chi connectivity index (χ1v) is 12.3. The van der Waals surface area contributed by atoms with Crippen molar-refractivity contribution in [3.63, 3.8) is 0 Å². The van der Waals surface area contributed by atoms with Gasteiger partial charge in [-0.2, -0.15) is 13.2 Å². The van der Waals surface area contributed by atoms with E-state index in [1.54, 1.807) is 24.9 Å². The van der Waals surface area contributed by atoms with E-state index in [4.69, 9.17) is 12.2 Å². The molecule has 196 valence electrons. The second kappa shape index (κ2) is 11.3. The van der Waals surface area contributed by atoms with Crippen LogP contribution in [0.3, 0.4) is 0 Å². The van der Waals surface area contributed by atoms with Crippen molar-refractivity contribution in [2.45, 2.75) is 46.0 Å². The first-order chi connectivity index (χ1) is 17.3. The van der Waals surface area contributed by atoms with Crippen molar-refractivity contribution >= 4 is 28.9 Å². The predicted octanol–water partition coefficient (Wildman–Crippen LogP) is 6.96. The number of nitrogens with one attached hydrogen (secondary N) is 2. The topological polar surface area (TPSA) is 44.4 Å². The second-order valence-electron chi connectivity index (χ2n) is 10.2. The number of rotatable bonds is 6. The van der Waals surface area contributed by atoms with E-state index >= 15 is 0 Å². The molecule has 3 aromatic rings. The van der Waals surface area contributed by atoms with Gasteiger partial charge in [0.25, 0.3) is 0 Å². The molecule has 0 aromatic heterocycles. The molecule has 3 aromatic carbocycles. The lowest BCUT2D eigenvalue weighted by atomic mass is 9.85. The molecule has 0 aliphatic heterocycles. The molecule has 8 heteroatoms. The van der Waals surface area contributed by atoms with Crippen molar-refractivity contribution in [1.82, 2.24) is 10.2 Å². The first-order valence-electron chi connectivity index (χ1n) is 11.9. The lowest BCUT2D eigenvalue weighted by molar-refractivity contribution is -0.137. The van der Waals surface area contributed by atoms with Gasteiger partial charge in [-0.25, -0.2) is 0 Å². The van der Waals surface area contributed by atoms with Crippen LogP contribution in [0.4, 0.5) is 18.9 Å². The van der Waals surface area contributed by atoms with Crippen LogP contribution >= 0.6 is 12.2 Å². The minimum absolute atomic E-state index is 0.0661. The number of hydrogen-bond acceptors (Lipinski definition) is 2. The smallest absolute Gasteiger partial charge is 0.350 e. The summed E-state index contributed by atoms with van der Waals surface area (Å²) in [5.74, 6) is -0.199. The number of amides is 1. The maximum absolute atomic E-state index is 13.9. The number of alkyl halides is 3. The third-order valence-corrected chi connectivity index (χ3v) is 6.24. The number of carbonyl (C=O) groups is 1. The predicted molar refractivity (Wildman–Crippen MR) is 146 cm³/mol. The first kappa shape index (κ1) is 28.2. The molecule has 1 atom stereocenters. The number of hydrogen-bond donors (Lipinski definition) is 2. The van der Waals surface area contributed by atoms with Gasteiger partial charge in [-0.1, -0.05) is 81.4 Å². The van der Waals surface area contributed by atoms with E-state index in [9.17, 15) is 18.0 Å². The molecule has 0 saturated carbocycles. The highest BCUT2D eigenvalue weighted by atomic mass is 32.1. The molecule has 4 nitrogen and oxygen atoms in total. The average molecular weight is 528 g/mol. The molecule has 0 aliphatic rings. The lowest BCUT2D eigenvalue weighted by Gasteiger charge is -2.37. The zero-order chi connectivity index (χ0) is 27.4. The van der Waals surface area contributed by atoms with Gasteiger partial charge >= 0.3 is 6.18 Å². The molecule has 0 spiro atoms. The second-order valence-corrected chi connectivity index (χ2v) is 10.6. The van der Waals surface area contributed by atoms with Crippen LogP contribution in [0.5, 0.6) is 0 Å². The lowest BCUT2D eigenvalue weighted by Crippen LogP contribution is -2.55. The SMILES string of the molecule is Cc1cc(NC(=S)N[C@H](C(=O)N(C)C(c2ccccc2)c2ccccc2)C(C)(C)C)cc(C(F)(F)F)c1. The number of likely N-dealkylation sites (N-methyl/N-ethyl adjacent to an activating group) is 1. The summed E-state index contributed by atoms with van der Waals surface area (Å²) in [4.78, 5) is 15.6. The van der Waals surface area contributed by atoms with E-state index in [1.165, 1.54) is 0 Å². The molecule has 2 N–H and O–H groups in total. The fraction of sp³-hybridized carbons (Fsp3) is 0.310. The Morgan fingerprint density at radius 1 is 0.892 bits per heavy atom. The summed E-state index contributed by atoms with van der Waals surface area (Å²) in [6, 6.07) is 22.0. The van der Waals surface area contributed by atoms with Crippen LogP contribution < -0.4 is 10.6 Å². The highest BCUT2D eigenvalue weighted by Crippen LogP contribution is 2.33. The van der Waals surface area contributed by atoms with E-state index in [0.29, 0.717) is 5.56 Å². The van der Waals surface area contributed by atoms with Crippen LogP contribution in [0.1, 0.15) is 49.1 Å². The number of benzene rings is 3. The summed E-state index contributed by atoms with van der Waals surface area (Å²) in [6.45, 7) is 7.31. The summed E-state index contributed by atoms with van der Waals surface area (Å²) in [7, 11) is 1.75. The van der Waals surface area contributed by atoms with E-state index in [0.717, 1.165) is 23.3 Å². The van der Waals surface area contributed by atoms with Crippen molar-refractivity contribution in [3.8, 4) is 0 Å². The van der Waals surface area contributed by atoms with Crippen LogP contribution in [0, 0.1) is 12.3 Å². The van der Waals surface area contributed by atoms with Crippen LogP contribution in [-0.4, -0.2) is 29.0 Å². The van der Waals surface area contributed by atoms with Crippen molar-refractivity contribution in [3.05, 3.63) is 101 Å². The van der Waals surface area contributed by atoms with Crippen LogP contribution in [0.25, 0.3) is 0 Å². The fourth-order valence-corrected chi connectivity index (χ4v) is 4.44. The van der Waals surface area contributed by atoms with Gasteiger partial charge in [0.05, 0.1) is 11.6 Å². The Morgan fingerprint density at radius 3 is 1.86 bits per heavy atom. The number of carbonyl (C=O) groups excluding carboxylic acids is 1. The van der Waals surface area contributed by atoms with Gasteiger partial charge in [0.2, 0.25) is 5.91 Å². The van der Waals surface area contributed by atoms with E-state index in [2.05, 4.69) is 10.6 Å². The Kier molecular flexibility index (Phi) is 8.64. The normalized spacial score (nSPS) is 12.7. The number of anilines is 1. The zero-order valence-electron chi connectivity index (χ0n) is 21.6. The molecule has 0 bridgehead atoms. The average Bonchev–Trinajstić information content (AvgIpc) is 2.82. The molecule has 0 unspecified atom stereocenters. The van der Waals surface area contributed by atoms with Crippen molar-refractivity contribution < 1.29 is 18.0 Å². The van der Waals surface area contributed by atoms with Crippen molar-refractivity contribution in [2.75, 3.05) is 12.4 Å². The maximum Gasteiger partial charge on any atom is 0.416 e. The molecule has 0 saturated heterocycles. The molecule has 0 heterocycles. The Bertz CT molecular complexity index is 1190. The highest BCUT2D eigenvalue weighted by molar-refractivity contribution is 7.80. The third-order valence-electron chi connectivity index (χ3n) is 6.02. The summed E-state index contributed by atoms with van der Waals surface area (Å²) in [5.41, 5.74) is 1.23. The van der Waals surface area contributed by atoms with Crippen molar-refractivity contribution in [1.29, 1.82) is 0 Å². The van der Waals surface area contributed by atoms with Gasteiger partial charge in [0.15, 0.2) is 5.11 Å². The van der Waals surface area contributed by atoms with Crippen LogP contribution in [0.15, 0.2) is 78.9 Å². The largest absolute Gasteiger partial charge is 0.416 e. The Morgan fingerprint density at radius 2 is 1.41 bits per heavy atom. The number of halogens is 3. The summed E-state index contributed by atoms with van der Waals surface area (Å²) in [5, 5.41) is 5.97. The highest BCUT2D eigenvalue weighted by Gasteiger charge is 2.37. The van der Waals surface area contributed by atoms with Gasteiger partial charge in [-0.05, 0) is 59.4 Å². The van der Waals surface area contributed by atoms with Gasteiger partial charge in [-0.15, -0.1) is 0 Å². The number of aryl methyl sites for hydroxylation is 1. The fourth-order valence-electron chi connectivity index (χ4n) is 4.21. The van der Waals surface area contributed by atoms with Gasteiger partial charge in [0, 0.05) is 12.7 Å². The minimum atomic E-state index is -4.48. The van der Waals surface area contributed by atoms with Crippen molar-refractivity contribution in [2.24, 2.45) is 5.41 Å². The Balaban J connectivity index is 1.88. The minimum Gasteiger partial charge on any atom is -0.350 e. The Labute approximate surface area is 221 Å². The molecular formula is C29H32F3N3OS. The van der Waals surface area contributed by atoms with Crippen LogP contribution in [0.2, 0.25) is 0 Å². The zero-order valence-corrected chi connectivity index (χ0v) is 22.4. The van der Waals surface area contributed by atoms with Gasteiger partial charge in [0.1, 0.15) is 6.04 Å². The summed E-state index contributed by atoms with van der Waals surface area (Å²) >= 11 is 5.45. The van der Waals surface area contributed by atoms with Gasteiger partial charge in [-0.3, -0.25) is 4.79 Å². The summed E-state index contributed by atoms with van der Waals surface area (Å²) < 4.78 is 39.8. The molecule has 37 heavy (non-hydrogen) atoms. The van der Waals surface area contributed by atoms with E-state index in [-0.39, 0.29) is 22.7 Å².